The van der Waals surface area contributed by atoms with Gasteiger partial charge < -0.3 is 0 Å². The van der Waals surface area contributed by atoms with Crippen LogP contribution in [0, 0.1) is 0 Å². The summed E-state index contributed by atoms with van der Waals surface area (Å²) in [5.41, 5.74) is 0.562. The molecule has 0 saturated carbocycles. The van der Waals surface area contributed by atoms with Gasteiger partial charge in [-0.1, -0.05) is 6.42 Å². The minimum absolute atomic E-state index is 0.261. The Balaban J connectivity index is 1.19. The van der Waals surface area contributed by atoms with E-state index in [0.29, 0.717) is 24.7 Å². The van der Waals surface area contributed by atoms with E-state index >= 15 is 0 Å². The van der Waals surface area contributed by atoms with Gasteiger partial charge in [-0.05, 0) is 79.3 Å². The van der Waals surface area contributed by atoms with Crippen LogP contribution in [-0.2, 0) is 0 Å². The van der Waals surface area contributed by atoms with E-state index in [1.165, 1.54) is 84.2 Å². The Bertz CT molecular complexity index is 525. The van der Waals surface area contributed by atoms with Crippen molar-refractivity contribution in [1.82, 2.24) is 19.6 Å². The van der Waals surface area contributed by atoms with Gasteiger partial charge in [-0.3, -0.25) is 19.6 Å². The SMILES string of the molecule is CC(C)(CCC(C)(C)N1CC(N2CCCCC2)C1)N1CCC(N2CC(F)C2)CC1. The van der Waals surface area contributed by atoms with Gasteiger partial charge >= 0.3 is 0 Å². The molecule has 0 aromatic heterocycles. The molecule has 5 heteroatoms. The zero-order valence-corrected chi connectivity index (χ0v) is 19.5. The summed E-state index contributed by atoms with van der Waals surface area (Å²) in [4.78, 5) is 10.5. The lowest BCUT2D eigenvalue weighted by Crippen LogP contribution is -2.66. The van der Waals surface area contributed by atoms with E-state index in [2.05, 4.69) is 47.3 Å². The smallest absolute Gasteiger partial charge is 0.125 e. The maximum atomic E-state index is 13.2. The maximum absolute atomic E-state index is 13.2. The molecule has 4 aliphatic heterocycles. The molecule has 0 atom stereocenters. The summed E-state index contributed by atoms with van der Waals surface area (Å²) >= 11 is 0. The average Bonchev–Trinajstić information content (AvgIpc) is 2.64. The first-order chi connectivity index (χ1) is 13.7. The normalized spacial score (nSPS) is 28.4. The monoisotopic (exact) mass is 408 g/mol. The van der Waals surface area contributed by atoms with Gasteiger partial charge in [0.1, 0.15) is 6.17 Å². The van der Waals surface area contributed by atoms with Crippen LogP contribution in [0.3, 0.4) is 0 Å². The van der Waals surface area contributed by atoms with E-state index in [1.54, 1.807) is 0 Å². The third-order valence-corrected chi connectivity index (χ3v) is 8.68. The predicted octanol–water partition coefficient (Wildman–Crippen LogP) is 3.61. The van der Waals surface area contributed by atoms with Gasteiger partial charge in [0.2, 0.25) is 0 Å². The number of hydrogen-bond acceptors (Lipinski definition) is 4. The van der Waals surface area contributed by atoms with Crippen molar-refractivity contribution in [3.63, 3.8) is 0 Å². The second-order valence-electron chi connectivity index (χ2n) is 11.5. The van der Waals surface area contributed by atoms with Crippen LogP contribution in [0.5, 0.6) is 0 Å². The molecule has 4 aliphatic rings. The number of likely N-dealkylation sites (tertiary alicyclic amines) is 4. The number of piperidine rings is 2. The zero-order valence-electron chi connectivity index (χ0n) is 19.5. The van der Waals surface area contributed by atoms with Crippen molar-refractivity contribution < 1.29 is 4.39 Å². The first-order valence-corrected chi connectivity index (χ1v) is 12.4. The highest BCUT2D eigenvalue weighted by Gasteiger charge is 2.42. The summed E-state index contributed by atoms with van der Waals surface area (Å²) in [6.07, 6.45) is 8.61. The lowest BCUT2D eigenvalue weighted by atomic mass is 9.83. The number of hydrogen-bond donors (Lipinski definition) is 0. The van der Waals surface area contributed by atoms with Crippen molar-refractivity contribution in [2.24, 2.45) is 0 Å². The van der Waals surface area contributed by atoms with Gasteiger partial charge in [-0.2, -0.15) is 0 Å². The summed E-state index contributed by atoms with van der Waals surface area (Å²) < 4.78 is 13.2. The standard InChI is InChI=1S/C24H45FN4/c1-23(2,28-14-8-21(9-15-28)27-16-20(25)17-27)10-11-24(3,4)29-18-22(19-29)26-12-6-5-7-13-26/h20-22H,5-19H2,1-4H3. The highest BCUT2D eigenvalue weighted by atomic mass is 19.1. The second-order valence-corrected chi connectivity index (χ2v) is 11.5. The Morgan fingerprint density at radius 1 is 0.655 bits per heavy atom. The molecule has 0 bridgehead atoms. The van der Waals surface area contributed by atoms with Gasteiger partial charge in [0.15, 0.2) is 0 Å². The molecule has 0 amide bonds. The Hall–Kier alpha value is -0.230. The average molecular weight is 409 g/mol. The lowest BCUT2D eigenvalue weighted by Gasteiger charge is -2.54. The van der Waals surface area contributed by atoms with Crippen molar-refractivity contribution in [2.45, 2.75) is 102 Å². The highest BCUT2D eigenvalue weighted by molar-refractivity contribution is 4.99. The molecular formula is C24H45FN4. The summed E-state index contributed by atoms with van der Waals surface area (Å²) in [6, 6.07) is 1.44. The maximum Gasteiger partial charge on any atom is 0.125 e. The van der Waals surface area contributed by atoms with Crippen LogP contribution in [0.4, 0.5) is 4.39 Å². The van der Waals surface area contributed by atoms with Crippen LogP contribution in [0.1, 0.15) is 72.6 Å². The molecular weight excluding hydrogens is 363 g/mol. The molecule has 168 valence electrons. The summed E-state index contributed by atoms with van der Waals surface area (Å²) in [5.74, 6) is 0. The molecule has 0 aromatic rings. The molecule has 0 unspecified atom stereocenters. The van der Waals surface area contributed by atoms with Gasteiger partial charge in [0.05, 0.1) is 0 Å². The van der Waals surface area contributed by atoms with Crippen molar-refractivity contribution >= 4 is 0 Å². The molecule has 4 saturated heterocycles. The molecule has 4 nitrogen and oxygen atoms in total. The number of alkyl halides is 1. The van der Waals surface area contributed by atoms with Crippen LogP contribution in [0.25, 0.3) is 0 Å². The van der Waals surface area contributed by atoms with Gasteiger partial charge in [-0.25, -0.2) is 4.39 Å². The van der Waals surface area contributed by atoms with Gasteiger partial charge in [0.25, 0.3) is 0 Å². The largest absolute Gasteiger partial charge is 0.298 e. The summed E-state index contributed by atoms with van der Waals surface area (Å²) in [5, 5.41) is 0. The minimum Gasteiger partial charge on any atom is -0.298 e. The molecule has 0 aliphatic carbocycles. The second kappa shape index (κ2) is 8.72. The van der Waals surface area contributed by atoms with E-state index in [-0.39, 0.29) is 5.54 Å². The number of nitrogens with zero attached hydrogens (tertiary/aromatic N) is 4. The first kappa shape index (κ1) is 22.0. The summed E-state index contributed by atoms with van der Waals surface area (Å²) in [7, 11) is 0. The highest BCUT2D eigenvalue weighted by Crippen LogP contribution is 2.34. The van der Waals surface area contributed by atoms with Crippen LogP contribution >= 0.6 is 0 Å². The van der Waals surface area contributed by atoms with Crippen LogP contribution in [0.2, 0.25) is 0 Å². The topological polar surface area (TPSA) is 13.0 Å². The Labute approximate surface area is 178 Å². The van der Waals surface area contributed by atoms with Crippen LogP contribution in [0.15, 0.2) is 0 Å². The molecule has 29 heavy (non-hydrogen) atoms. The molecule has 4 rings (SSSR count). The first-order valence-electron chi connectivity index (χ1n) is 12.4. The van der Waals surface area contributed by atoms with Gasteiger partial charge in [0, 0.05) is 62.4 Å². The molecule has 0 aromatic carbocycles. The fraction of sp³-hybridized carbons (Fsp3) is 1.00. The third-order valence-electron chi connectivity index (χ3n) is 8.68. The molecule has 4 heterocycles. The zero-order chi connectivity index (χ0) is 20.6. The minimum atomic E-state index is -0.567. The van der Waals surface area contributed by atoms with Crippen molar-refractivity contribution in [2.75, 3.05) is 52.4 Å². The molecule has 0 spiro atoms. The van der Waals surface area contributed by atoms with E-state index in [4.69, 9.17) is 0 Å². The lowest BCUT2D eigenvalue weighted by molar-refractivity contribution is -0.0473. The quantitative estimate of drug-likeness (QED) is 0.638. The van der Waals surface area contributed by atoms with Crippen molar-refractivity contribution in [3.05, 3.63) is 0 Å². The molecule has 0 radical (unpaired) electrons. The Morgan fingerprint density at radius 2 is 1.21 bits per heavy atom. The van der Waals surface area contributed by atoms with Crippen LogP contribution < -0.4 is 0 Å². The van der Waals surface area contributed by atoms with E-state index < -0.39 is 6.17 Å². The van der Waals surface area contributed by atoms with Gasteiger partial charge in [-0.15, -0.1) is 0 Å². The molecule has 4 fully saturated rings. The fourth-order valence-electron chi connectivity index (χ4n) is 5.98. The number of halogens is 1. The Kier molecular flexibility index (Phi) is 6.61. The Morgan fingerprint density at radius 3 is 1.76 bits per heavy atom. The van der Waals surface area contributed by atoms with E-state index in [9.17, 15) is 4.39 Å². The molecule has 0 N–H and O–H groups in total. The van der Waals surface area contributed by atoms with Crippen LogP contribution in [-0.4, -0.2) is 101 Å². The van der Waals surface area contributed by atoms with Crippen molar-refractivity contribution in [1.29, 1.82) is 0 Å². The fourth-order valence-corrected chi connectivity index (χ4v) is 5.98. The third kappa shape index (κ3) is 4.99. The van der Waals surface area contributed by atoms with E-state index in [0.717, 1.165) is 6.04 Å². The van der Waals surface area contributed by atoms with E-state index in [1.807, 2.05) is 0 Å². The van der Waals surface area contributed by atoms with Crippen molar-refractivity contribution in [3.8, 4) is 0 Å². The number of rotatable bonds is 7. The summed E-state index contributed by atoms with van der Waals surface area (Å²) in [6.45, 7) is 18.7. The predicted molar refractivity (Wildman–Crippen MR) is 119 cm³/mol.